The first-order valence-corrected chi connectivity index (χ1v) is 5.16. The van der Waals surface area contributed by atoms with Gasteiger partial charge in [-0.05, 0) is 29.0 Å². The lowest BCUT2D eigenvalue weighted by Gasteiger charge is -1.97. The van der Waals surface area contributed by atoms with Gasteiger partial charge in [-0.3, -0.25) is 0 Å². The molecule has 2 rings (SSSR count). The first-order valence-electron chi connectivity index (χ1n) is 4.28. The summed E-state index contributed by atoms with van der Waals surface area (Å²) in [4.78, 5) is 0. The van der Waals surface area contributed by atoms with E-state index in [9.17, 15) is 0 Å². The van der Waals surface area contributed by atoms with Gasteiger partial charge in [0.05, 0.1) is 0 Å². The topological polar surface area (TPSA) is 0 Å². The van der Waals surface area contributed by atoms with Crippen molar-refractivity contribution in [2.24, 2.45) is 5.92 Å². The van der Waals surface area contributed by atoms with Crippen LogP contribution in [0.5, 0.6) is 0 Å². The first kappa shape index (κ1) is 7.81. The largest absolute Gasteiger partial charge is 0.144 e. The monoisotopic (exact) mass is 176 g/mol. The van der Waals surface area contributed by atoms with Crippen LogP contribution in [0.25, 0.3) is 12.2 Å². The van der Waals surface area contributed by atoms with Gasteiger partial charge < -0.3 is 0 Å². The van der Waals surface area contributed by atoms with Crippen molar-refractivity contribution >= 4 is 23.5 Å². The number of rotatable bonds is 0. The SMILES string of the molecule is CC1/C=C\C/C=c2/ccs/c2=C/1. The molecule has 12 heavy (non-hydrogen) atoms. The van der Waals surface area contributed by atoms with E-state index in [1.165, 1.54) is 9.75 Å². The summed E-state index contributed by atoms with van der Waals surface area (Å²) in [6.45, 7) is 2.23. The summed E-state index contributed by atoms with van der Waals surface area (Å²) in [5.74, 6) is 0.580. The minimum Gasteiger partial charge on any atom is -0.144 e. The Bertz CT molecular complexity index is 395. The third-order valence-corrected chi connectivity index (χ3v) is 2.95. The molecule has 0 saturated carbocycles. The van der Waals surface area contributed by atoms with E-state index in [0.717, 1.165) is 6.42 Å². The molecular formula is C11H12S. The van der Waals surface area contributed by atoms with Crippen LogP contribution in [0.1, 0.15) is 13.3 Å². The van der Waals surface area contributed by atoms with Gasteiger partial charge >= 0.3 is 0 Å². The fraction of sp³-hybridized carbons (Fsp3) is 0.273. The molecule has 0 N–H and O–H groups in total. The second-order valence-corrected chi connectivity index (χ2v) is 4.08. The Kier molecular flexibility index (Phi) is 2.13. The molecule has 0 nitrogen and oxygen atoms in total. The van der Waals surface area contributed by atoms with Gasteiger partial charge in [-0.25, -0.2) is 0 Å². The quantitative estimate of drug-likeness (QED) is 0.530. The lowest BCUT2D eigenvalue weighted by molar-refractivity contribution is 0.988. The second-order valence-electron chi connectivity index (χ2n) is 3.13. The van der Waals surface area contributed by atoms with Crippen LogP contribution in [-0.2, 0) is 0 Å². The van der Waals surface area contributed by atoms with Gasteiger partial charge in [-0.15, -0.1) is 11.3 Å². The van der Waals surface area contributed by atoms with E-state index in [1.807, 2.05) is 11.3 Å². The number of allylic oxidation sites excluding steroid dienone is 2. The molecule has 1 heteroatoms. The van der Waals surface area contributed by atoms with Crippen LogP contribution in [0.2, 0.25) is 0 Å². The Hall–Kier alpha value is -0.820. The van der Waals surface area contributed by atoms with E-state index in [1.54, 1.807) is 0 Å². The van der Waals surface area contributed by atoms with Gasteiger partial charge in [0, 0.05) is 4.53 Å². The Labute approximate surface area is 76.6 Å². The normalized spacial score (nSPS) is 29.9. The second kappa shape index (κ2) is 3.28. The molecule has 0 fully saturated rings. The molecule has 1 aliphatic rings. The molecule has 1 atom stereocenters. The standard InChI is InChI=1S/C11H12S/c1-9-4-2-3-5-10-6-7-12-11(10)8-9/h2,4-9H,3H2,1H3/b4-2-,10-5-,11-8+. The summed E-state index contributed by atoms with van der Waals surface area (Å²) in [6.07, 6.45) is 10.2. The van der Waals surface area contributed by atoms with Crippen LogP contribution in [0.4, 0.5) is 0 Å². The molecule has 0 radical (unpaired) electrons. The van der Waals surface area contributed by atoms with Crippen LogP contribution >= 0.6 is 11.3 Å². The molecule has 1 heterocycles. The highest BCUT2D eigenvalue weighted by Gasteiger charge is 1.94. The van der Waals surface area contributed by atoms with Crippen molar-refractivity contribution in [3.8, 4) is 0 Å². The van der Waals surface area contributed by atoms with E-state index in [4.69, 9.17) is 0 Å². The van der Waals surface area contributed by atoms with E-state index in [-0.39, 0.29) is 0 Å². The van der Waals surface area contributed by atoms with Gasteiger partial charge in [0.2, 0.25) is 0 Å². The molecule has 62 valence electrons. The molecule has 0 spiro atoms. The predicted molar refractivity (Wildman–Crippen MR) is 55.4 cm³/mol. The van der Waals surface area contributed by atoms with Crippen molar-refractivity contribution in [1.82, 2.24) is 0 Å². The minimum atomic E-state index is 0.580. The van der Waals surface area contributed by atoms with Crippen molar-refractivity contribution in [3.63, 3.8) is 0 Å². The zero-order valence-electron chi connectivity index (χ0n) is 7.16. The average molecular weight is 176 g/mol. The summed E-state index contributed by atoms with van der Waals surface area (Å²) < 4.78 is 1.42. The molecule has 0 aromatic carbocycles. The van der Waals surface area contributed by atoms with E-state index >= 15 is 0 Å². The van der Waals surface area contributed by atoms with Crippen molar-refractivity contribution in [2.75, 3.05) is 0 Å². The molecule has 1 aromatic rings. The maximum atomic E-state index is 2.33. The van der Waals surface area contributed by atoms with Crippen LogP contribution in [0, 0.1) is 5.92 Å². The highest BCUT2D eigenvalue weighted by atomic mass is 32.1. The van der Waals surface area contributed by atoms with Crippen LogP contribution in [-0.4, -0.2) is 0 Å². The Morgan fingerprint density at radius 3 is 3.33 bits per heavy atom. The van der Waals surface area contributed by atoms with Crippen molar-refractivity contribution in [1.29, 1.82) is 0 Å². The number of hydrogen-bond acceptors (Lipinski definition) is 1. The summed E-state index contributed by atoms with van der Waals surface area (Å²) in [5.41, 5.74) is 0. The summed E-state index contributed by atoms with van der Waals surface area (Å²) in [6, 6.07) is 2.20. The van der Waals surface area contributed by atoms with Crippen molar-refractivity contribution in [3.05, 3.63) is 33.3 Å². The first-order chi connectivity index (χ1) is 5.86. The van der Waals surface area contributed by atoms with E-state index < -0.39 is 0 Å². The average Bonchev–Trinajstić information content (AvgIpc) is 2.42. The third-order valence-electron chi connectivity index (χ3n) is 2.05. The molecule has 1 unspecified atom stereocenters. The molecule has 0 amide bonds. The molecule has 1 aliphatic carbocycles. The zero-order valence-corrected chi connectivity index (χ0v) is 7.97. The number of hydrogen-bond donors (Lipinski definition) is 0. The van der Waals surface area contributed by atoms with E-state index in [2.05, 4.69) is 42.7 Å². The maximum absolute atomic E-state index is 2.33. The number of thiophene rings is 1. The Morgan fingerprint density at radius 1 is 1.50 bits per heavy atom. The zero-order chi connectivity index (χ0) is 8.39. The lowest BCUT2D eigenvalue weighted by Crippen LogP contribution is -2.19. The van der Waals surface area contributed by atoms with Gasteiger partial charge in [0.1, 0.15) is 0 Å². The molecule has 0 saturated heterocycles. The van der Waals surface area contributed by atoms with Crippen molar-refractivity contribution < 1.29 is 0 Å². The maximum Gasteiger partial charge on any atom is 0.0305 e. The fourth-order valence-corrected chi connectivity index (χ4v) is 2.36. The van der Waals surface area contributed by atoms with Gasteiger partial charge in [0.25, 0.3) is 0 Å². The Balaban J connectivity index is 2.64. The lowest BCUT2D eigenvalue weighted by atomic mass is 10.1. The molecule has 0 bridgehead atoms. The van der Waals surface area contributed by atoms with E-state index in [0.29, 0.717) is 5.92 Å². The van der Waals surface area contributed by atoms with Crippen LogP contribution < -0.4 is 9.75 Å². The van der Waals surface area contributed by atoms with Crippen molar-refractivity contribution in [2.45, 2.75) is 13.3 Å². The minimum absolute atomic E-state index is 0.580. The fourth-order valence-electron chi connectivity index (χ4n) is 1.42. The van der Waals surface area contributed by atoms with Crippen LogP contribution in [0.3, 0.4) is 0 Å². The molecule has 1 aromatic heterocycles. The smallest absolute Gasteiger partial charge is 0.0305 e. The van der Waals surface area contributed by atoms with Gasteiger partial charge in [0.15, 0.2) is 0 Å². The summed E-state index contributed by atoms with van der Waals surface area (Å²) in [7, 11) is 0. The highest BCUT2D eigenvalue weighted by molar-refractivity contribution is 7.07. The molecular weight excluding hydrogens is 164 g/mol. The van der Waals surface area contributed by atoms with Crippen LogP contribution in [0.15, 0.2) is 23.6 Å². The summed E-state index contributed by atoms with van der Waals surface area (Å²) >= 11 is 1.83. The van der Waals surface area contributed by atoms with Gasteiger partial charge in [-0.2, -0.15) is 0 Å². The predicted octanol–water partition coefficient (Wildman–Crippen LogP) is 1.91. The van der Waals surface area contributed by atoms with Gasteiger partial charge in [-0.1, -0.05) is 31.2 Å². The molecule has 0 aliphatic heterocycles. The third kappa shape index (κ3) is 1.51. The Morgan fingerprint density at radius 2 is 2.42 bits per heavy atom. The highest BCUT2D eigenvalue weighted by Crippen LogP contribution is 2.02. The summed E-state index contributed by atoms with van der Waals surface area (Å²) in [5, 5.41) is 3.56. The number of fused-ring (bicyclic) bond motifs is 1.